The van der Waals surface area contributed by atoms with E-state index >= 15 is 0 Å². The first-order valence-electron chi connectivity index (χ1n) is 5.52. The number of nitrogens with one attached hydrogen (secondary N) is 1. The third kappa shape index (κ3) is 2.82. The normalized spacial score (nSPS) is 23.6. The van der Waals surface area contributed by atoms with Crippen molar-refractivity contribution in [1.29, 1.82) is 0 Å². The van der Waals surface area contributed by atoms with E-state index in [1.165, 1.54) is 11.3 Å². The molecule has 1 amide bonds. The molecular weight excluding hydrogens is 240 g/mol. The highest BCUT2D eigenvalue weighted by molar-refractivity contribution is 7.09. The van der Waals surface area contributed by atoms with E-state index in [0.717, 1.165) is 11.4 Å². The summed E-state index contributed by atoms with van der Waals surface area (Å²) in [5.41, 5.74) is 0.422. The molecule has 1 saturated carbocycles. The smallest absolute Gasteiger partial charge is 0.306 e. The van der Waals surface area contributed by atoms with E-state index in [0.29, 0.717) is 18.5 Å². The molecule has 17 heavy (non-hydrogen) atoms. The summed E-state index contributed by atoms with van der Waals surface area (Å²) in [6, 6.07) is -0.0365. The number of amides is 1. The van der Waals surface area contributed by atoms with Gasteiger partial charge in [-0.25, -0.2) is 4.98 Å². The molecule has 2 unspecified atom stereocenters. The third-order valence-corrected chi connectivity index (χ3v) is 3.74. The average molecular weight is 254 g/mol. The number of aromatic nitrogens is 1. The summed E-state index contributed by atoms with van der Waals surface area (Å²) in [6.45, 7) is 1.84. The summed E-state index contributed by atoms with van der Waals surface area (Å²) >= 11 is 1.43. The Kier molecular flexibility index (Phi) is 3.42. The molecule has 1 aromatic heterocycles. The van der Waals surface area contributed by atoms with E-state index in [1.807, 2.05) is 6.92 Å². The molecule has 6 heteroatoms. The number of carboxylic acids is 1. The van der Waals surface area contributed by atoms with Crippen LogP contribution in [0.1, 0.15) is 34.8 Å². The highest BCUT2D eigenvalue weighted by atomic mass is 32.1. The molecule has 2 rings (SSSR count). The number of carbonyl (C=O) groups excluding carboxylic acids is 1. The SMILES string of the molecule is Cc1nc(C(=O)NC2CCC(C(=O)O)C2)cs1. The zero-order valence-corrected chi connectivity index (χ0v) is 10.3. The van der Waals surface area contributed by atoms with Gasteiger partial charge in [-0.15, -0.1) is 11.3 Å². The molecule has 0 bridgehead atoms. The largest absolute Gasteiger partial charge is 0.481 e. The molecule has 0 spiro atoms. The van der Waals surface area contributed by atoms with Crippen LogP contribution in [-0.4, -0.2) is 28.0 Å². The summed E-state index contributed by atoms with van der Waals surface area (Å²) in [4.78, 5) is 26.7. The number of thiazole rings is 1. The van der Waals surface area contributed by atoms with Gasteiger partial charge in [0.25, 0.3) is 5.91 Å². The Morgan fingerprint density at radius 3 is 2.82 bits per heavy atom. The zero-order valence-electron chi connectivity index (χ0n) is 9.47. The Hall–Kier alpha value is -1.43. The molecule has 1 aliphatic rings. The highest BCUT2D eigenvalue weighted by Gasteiger charge is 2.30. The third-order valence-electron chi connectivity index (χ3n) is 2.97. The van der Waals surface area contributed by atoms with Gasteiger partial charge in [0.2, 0.25) is 0 Å². The molecule has 2 atom stereocenters. The van der Waals surface area contributed by atoms with Crippen LogP contribution in [0.25, 0.3) is 0 Å². The number of carbonyl (C=O) groups is 2. The summed E-state index contributed by atoms with van der Waals surface area (Å²) in [5.74, 6) is -1.30. The fraction of sp³-hybridized carbons (Fsp3) is 0.545. The van der Waals surface area contributed by atoms with Crippen molar-refractivity contribution < 1.29 is 14.7 Å². The van der Waals surface area contributed by atoms with Crippen LogP contribution in [0.4, 0.5) is 0 Å². The topological polar surface area (TPSA) is 79.3 Å². The van der Waals surface area contributed by atoms with Crippen LogP contribution in [0, 0.1) is 12.8 Å². The second-order valence-corrected chi connectivity index (χ2v) is 5.33. The lowest BCUT2D eigenvalue weighted by Crippen LogP contribution is -2.33. The van der Waals surface area contributed by atoms with Crippen molar-refractivity contribution in [2.24, 2.45) is 5.92 Å². The maximum Gasteiger partial charge on any atom is 0.306 e. The summed E-state index contributed by atoms with van der Waals surface area (Å²) in [6.07, 6.45) is 1.88. The number of hydrogen-bond acceptors (Lipinski definition) is 4. The van der Waals surface area contributed by atoms with Gasteiger partial charge in [-0.05, 0) is 26.2 Å². The van der Waals surface area contributed by atoms with Crippen LogP contribution in [0.2, 0.25) is 0 Å². The lowest BCUT2D eigenvalue weighted by molar-refractivity contribution is -0.141. The fourth-order valence-electron chi connectivity index (χ4n) is 2.06. The van der Waals surface area contributed by atoms with Gasteiger partial charge in [0, 0.05) is 11.4 Å². The number of hydrogen-bond donors (Lipinski definition) is 2. The number of aliphatic carboxylic acids is 1. The first-order valence-corrected chi connectivity index (χ1v) is 6.40. The van der Waals surface area contributed by atoms with Crippen molar-refractivity contribution in [3.05, 3.63) is 16.1 Å². The van der Waals surface area contributed by atoms with Gasteiger partial charge < -0.3 is 10.4 Å². The van der Waals surface area contributed by atoms with E-state index in [9.17, 15) is 9.59 Å². The van der Waals surface area contributed by atoms with Crippen LogP contribution >= 0.6 is 11.3 Å². The number of aryl methyl sites for hydroxylation is 1. The van der Waals surface area contributed by atoms with E-state index in [4.69, 9.17) is 5.11 Å². The van der Waals surface area contributed by atoms with Crippen molar-refractivity contribution in [2.45, 2.75) is 32.2 Å². The summed E-state index contributed by atoms with van der Waals surface area (Å²) < 4.78 is 0. The highest BCUT2D eigenvalue weighted by Crippen LogP contribution is 2.25. The standard InChI is InChI=1S/C11H14N2O3S/c1-6-12-9(5-17-6)10(14)13-8-3-2-7(4-8)11(15)16/h5,7-8H,2-4H2,1H3,(H,13,14)(H,15,16). The molecule has 1 aromatic rings. The maximum atomic E-state index is 11.8. The fourth-order valence-corrected chi connectivity index (χ4v) is 2.66. The summed E-state index contributed by atoms with van der Waals surface area (Å²) in [7, 11) is 0. The predicted octanol–water partition coefficient (Wildman–Crippen LogP) is 1.43. The van der Waals surface area contributed by atoms with E-state index in [1.54, 1.807) is 5.38 Å². The number of carboxylic acid groups (broad SMARTS) is 1. The van der Waals surface area contributed by atoms with Crippen LogP contribution in [0.5, 0.6) is 0 Å². The number of nitrogens with zero attached hydrogens (tertiary/aromatic N) is 1. The van der Waals surface area contributed by atoms with Crippen LogP contribution < -0.4 is 5.32 Å². The van der Waals surface area contributed by atoms with Gasteiger partial charge in [-0.3, -0.25) is 9.59 Å². The van der Waals surface area contributed by atoms with Crippen molar-refractivity contribution in [2.75, 3.05) is 0 Å². The van der Waals surface area contributed by atoms with Crippen molar-refractivity contribution >= 4 is 23.2 Å². The molecular formula is C11H14N2O3S. The van der Waals surface area contributed by atoms with Crippen molar-refractivity contribution in [3.8, 4) is 0 Å². The Bertz CT molecular complexity index is 444. The van der Waals surface area contributed by atoms with Crippen LogP contribution in [0.15, 0.2) is 5.38 Å². The lowest BCUT2D eigenvalue weighted by Gasteiger charge is -2.10. The molecule has 2 N–H and O–H groups in total. The second-order valence-electron chi connectivity index (χ2n) is 4.27. The number of rotatable bonds is 3. The van der Waals surface area contributed by atoms with E-state index in [-0.39, 0.29) is 17.9 Å². The molecule has 1 aliphatic carbocycles. The van der Waals surface area contributed by atoms with Crippen molar-refractivity contribution in [3.63, 3.8) is 0 Å². The molecule has 0 aromatic carbocycles. The molecule has 0 aliphatic heterocycles. The van der Waals surface area contributed by atoms with Crippen LogP contribution in [0.3, 0.4) is 0 Å². The van der Waals surface area contributed by atoms with Gasteiger partial charge in [0.1, 0.15) is 5.69 Å². The maximum absolute atomic E-state index is 11.8. The molecule has 1 heterocycles. The molecule has 0 radical (unpaired) electrons. The van der Waals surface area contributed by atoms with Gasteiger partial charge in [-0.1, -0.05) is 0 Å². The Morgan fingerprint density at radius 2 is 2.29 bits per heavy atom. The Morgan fingerprint density at radius 1 is 1.53 bits per heavy atom. The minimum atomic E-state index is -0.772. The molecule has 1 fully saturated rings. The minimum Gasteiger partial charge on any atom is -0.481 e. The zero-order chi connectivity index (χ0) is 12.4. The average Bonchev–Trinajstić information content (AvgIpc) is 2.86. The van der Waals surface area contributed by atoms with Gasteiger partial charge in [0.15, 0.2) is 0 Å². The van der Waals surface area contributed by atoms with Gasteiger partial charge in [0.05, 0.1) is 10.9 Å². The lowest BCUT2D eigenvalue weighted by atomic mass is 10.1. The van der Waals surface area contributed by atoms with Crippen molar-refractivity contribution in [1.82, 2.24) is 10.3 Å². The monoisotopic (exact) mass is 254 g/mol. The molecule has 92 valence electrons. The first-order chi connectivity index (χ1) is 8.06. The molecule has 0 saturated heterocycles. The quantitative estimate of drug-likeness (QED) is 0.855. The van der Waals surface area contributed by atoms with Gasteiger partial charge in [-0.2, -0.15) is 0 Å². The van der Waals surface area contributed by atoms with E-state index < -0.39 is 5.97 Å². The minimum absolute atomic E-state index is 0.0365. The first kappa shape index (κ1) is 12.0. The second kappa shape index (κ2) is 4.83. The van der Waals surface area contributed by atoms with Gasteiger partial charge >= 0.3 is 5.97 Å². The van der Waals surface area contributed by atoms with E-state index in [2.05, 4.69) is 10.3 Å². The Balaban J connectivity index is 1.90. The predicted molar refractivity (Wildman–Crippen MR) is 63.1 cm³/mol. The Labute approximate surface area is 103 Å². The van der Waals surface area contributed by atoms with Crippen LogP contribution in [-0.2, 0) is 4.79 Å². The summed E-state index contributed by atoms with van der Waals surface area (Å²) in [5, 5.41) is 14.3. The molecule has 5 nitrogen and oxygen atoms in total.